The van der Waals surface area contributed by atoms with Crippen molar-refractivity contribution in [2.45, 2.75) is 12.8 Å². The largest absolute Gasteiger partial charge is 0.361 e. The minimum Gasteiger partial charge on any atom is -0.361 e. The van der Waals surface area contributed by atoms with E-state index in [1.807, 2.05) is 12.3 Å². The highest BCUT2D eigenvalue weighted by Crippen LogP contribution is 2.25. The van der Waals surface area contributed by atoms with Crippen LogP contribution in [-0.2, 0) is 0 Å². The lowest BCUT2D eigenvalue weighted by Gasteiger charge is -2.08. The summed E-state index contributed by atoms with van der Waals surface area (Å²) >= 11 is 0. The summed E-state index contributed by atoms with van der Waals surface area (Å²) in [6.07, 6.45) is 6.96. The van der Waals surface area contributed by atoms with Gasteiger partial charge in [-0.1, -0.05) is 19.2 Å². The van der Waals surface area contributed by atoms with Gasteiger partial charge in [0.25, 0.3) is 0 Å². The molecule has 0 saturated heterocycles. The van der Waals surface area contributed by atoms with Gasteiger partial charge in [-0.3, -0.25) is 0 Å². The standard InChI is InChI=1S/C18H17N3/c1-13(3-4-14(2)17-8-9-19-12-21-17)15-5-6-18-16(11-15)7-10-20-18/h5-12,20H,1-4H2. The van der Waals surface area contributed by atoms with E-state index in [-0.39, 0.29) is 0 Å². The third-order valence-electron chi connectivity index (χ3n) is 3.63. The van der Waals surface area contributed by atoms with Gasteiger partial charge in [-0.2, -0.15) is 0 Å². The molecule has 0 fully saturated rings. The number of rotatable bonds is 5. The Hall–Kier alpha value is -2.68. The Labute approximate surface area is 124 Å². The highest BCUT2D eigenvalue weighted by atomic mass is 14.8. The maximum Gasteiger partial charge on any atom is 0.116 e. The van der Waals surface area contributed by atoms with Crippen LogP contribution in [0.1, 0.15) is 24.1 Å². The second-order valence-electron chi connectivity index (χ2n) is 5.08. The van der Waals surface area contributed by atoms with Gasteiger partial charge in [0.05, 0.1) is 5.69 Å². The number of hydrogen-bond acceptors (Lipinski definition) is 2. The summed E-state index contributed by atoms with van der Waals surface area (Å²) in [7, 11) is 0. The Morgan fingerprint density at radius 1 is 1.05 bits per heavy atom. The number of nitrogens with one attached hydrogen (secondary N) is 1. The molecule has 0 unspecified atom stereocenters. The average Bonchev–Trinajstić information content (AvgIpc) is 3.00. The van der Waals surface area contributed by atoms with Gasteiger partial charge >= 0.3 is 0 Å². The smallest absolute Gasteiger partial charge is 0.116 e. The molecular weight excluding hydrogens is 258 g/mol. The zero-order valence-electron chi connectivity index (χ0n) is 11.8. The van der Waals surface area contributed by atoms with Crippen LogP contribution in [0.5, 0.6) is 0 Å². The van der Waals surface area contributed by atoms with Crippen LogP contribution in [0, 0.1) is 0 Å². The van der Waals surface area contributed by atoms with Gasteiger partial charge in [0, 0.05) is 17.9 Å². The molecular formula is C18H17N3. The van der Waals surface area contributed by atoms with Gasteiger partial charge in [-0.05, 0) is 59.2 Å². The number of nitrogens with zero attached hydrogens (tertiary/aromatic N) is 2. The number of hydrogen-bond donors (Lipinski definition) is 1. The fraction of sp³-hybridized carbons (Fsp3) is 0.111. The molecule has 0 bridgehead atoms. The minimum atomic E-state index is 0.848. The molecule has 0 atom stereocenters. The fourth-order valence-electron chi connectivity index (χ4n) is 2.35. The van der Waals surface area contributed by atoms with Gasteiger partial charge in [0.2, 0.25) is 0 Å². The number of aromatic nitrogens is 3. The van der Waals surface area contributed by atoms with Crippen molar-refractivity contribution in [1.82, 2.24) is 15.0 Å². The summed E-state index contributed by atoms with van der Waals surface area (Å²) < 4.78 is 0. The molecule has 2 heterocycles. The van der Waals surface area contributed by atoms with Gasteiger partial charge < -0.3 is 4.98 Å². The lowest BCUT2D eigenvalue weighted by Crippen LogP contribution is -1.90. The van der Waals surface area contributed by atoms with Crippen LogP contribution in [0.25, 0.3) is 22.0 Å². The van der Waals surface area contributed by atoms with Crippen molar-refractivity contribution in [2.75, 3.05) is 0 Å². The first-order valence-electron chi connectivity index (χ1n) is 6.93. The second-order valence-corrected chi connectivity index (χ2v) is 5.08. The van der Waals surface area contributed by atoms with Gasteiger partial charge in [0.1, 0.15) is 6.33 Å². The van der Waals surface area contributed by atoms with Crippen molar-refractivity contribution in [1.29, 1.82) is 0 Å². The van der Waals surface area contributed by atoms with Crippen LogP contribution in [0.3, 0.4) is 0 Å². The van der Waals surface area contributed by atoms with E-state index < -0.39 is 0 Å². The molecule has 21 heavy (non-hydrogen) atoms. The Morgan fingerprint density at radius 3 is 2.71 bits per heavy atom. The molecule has 3 nitrogen and oxygen atoms in total. The Kier molecular flexibility index (Phi) is 3.65. The number of fused-ring (bicyclic) bond motifs is 1. The van der Waals surface area contributed by atoms with Crippen molar-refractivity contribution in [3.05, 3.63) is 73.5 Å². The van der Waals surface area contributed by atoms with E-state index in [9.17, 15) is 0 Å². The SMILES string of the molecule is C=C(CCC(=C)c1ccncn1)c1ccc2[nH]ccc2c1. The lowest BCUT2D eigenvalue weighted by molar-refractivity contribution is 1.06. The van der Waals surface area contributed by atoms with Crippen LogP contribution >= 0.6 is 0 Å². The molecule has 0 aliphatic heterocycles. The van der Waals surface area contributed by atoms with Crippen molar-refractivity contribution >= 4 is 22.0 Å². The maximum atomic E-state index is 4.22. The van der Waals surface area contributed by atoms with Crippen LogP contribution in [-0.4, -0.2) is 15.0 Å². The quantitative estimate of drug-likeness (QED) is 0.746. The van der Waals surface area contributed by atoms with Crippen LogP contribution < -0.4 is 0 Å². The Bertz CT molecular complexity index is 784. The third kappa shape index (κ3) is 2.92. The van der Waals surface area contributed by atoms with E-state index in [4.69, 9.17) is 0 Å². The highest BCUT2D eigenvalue weighted by molar-refractivity contribution is 5.83. The van der Waals surface area contributed by atoms with E-state index in [1.54, 1.807) is 12.5 Å². The second kappa shape index (κ2) is 5.75. The molecule has 3 rings (SSSR count). The molecule has 0 amide bonds. The summed E-state index contributed by atoms with van der Waals surface area (Å²) in [5.74, 6) is 0. The zero-order valence-corrected chi connectivity index (χ0v) is 11.8. The summed E-state index contributed by atoms with van der Waals surface area (Å²) in [6.45, 7) is 8.29. The monoisotopic (exact) mass is 275 g/mol. The molecule has 2 aromatic heterocycles. The topological polar surface area (TPSA) is 41.6 Å². The van der Waals surface area contributed by atoms with Crippen LogP contribution in [0.4, 0.5) is 0 Å². The molecule has 0 spiro atoms. The van der Waals surface area contributed by atoms with E-state index >= 15 is 0 Å². The number of aromatic amines is 1. The Balaban J connectivity index is 1.67. The van der Waals surface area contributed by atoms with Gasteiger partial charge in [-0.25, -0.2) is 9.97 Å². The maximum absolute atomic E-state index is 4.22. The first-order chi connectivity index (χ1) is 10.2. The predicted octanol–water partition coefficient (Wildman–Crippen LogP) is 4.46. The molecule has 3 heteroatoms. The molecule has 0 aliphatic carbocycles. The van der Waals surface area contributed by atoms with Gasteiger partial charge in [0.15, 0.2) is 0 Å². The lowest BCUT2D eigenvalue weighted by atomic mass is 9.98. The summed E-state index contributed by atoms with van der Waals surface area (Å²) in [6, 6.07) is 10.3. The van der Waals surface area contributed by atoms with Gasteiger partial charge in [-0.15, -0.1) is 0 Å². The summed E-state index contributed by atoms with van der Waals surface area (Å²) in [5, 5.41) is 1.21. The van der Waals surface area contributed by atoms with Crippen LogP contribution in [0.15, 0.2) is 62.2 Å². The van der Waals surface area contributed by atoms with E-state index in [0.717, 1.165) is 35.2 Å². The summed E-state index contributed by atoms with van der Waals surface area (Å²) in [5.41, 5.74) is 5.36. The first-order valence-corrected chi connectivity index (χ1v) is 6.93. The first kappa shape index (κ1) is 13.3. The number of H-pyrrole nitrogens is 1. The predicted molar refractivity (Wildman–Crippen MR) is 87.6 cm³/mol. The summed E-state index contributed by atoms with van der Waals surface area (Å²) in [4.78, 5) is 11.3. The fourth-order valence-corrected chi connectivity index (χ4v) is 2.35. The van der Waals surface area contributed by atoms with E-state index in [0.29, 0.717) is 0 Å². The third-order valence-corrected chi connectivity index (χ3v) is 3.63. The van der Waals surface area contributed by atoms with Crippen molar-refractivity contribution < 1.29 is 0 Å². The molecule has 1 aromatic carbocycles. The zero-order chi connectivity index (χ0) is 14.7. The Morgan fingerprint density at radius 2 is 1.90 bits per heavy atom. The number of allylic oxidation sites excluding steroid dienone is 2. The van der Waals surface area contributed by atoms with E-state index in [1.165, 1.54) is 10.9 Å². The molecule has 1 N–H and O–H groups in total. The number of benzene rings is 1. The average molecular weight is 275 g/mol. The molecule has 104 valence electrons. The van der Waals surface area contributed by atoms with Crippen molar-refractivity contribution in [3.8, 4) is 0 Å². The molecule has 0 saturated carbocycles. The molecule has 0 aliphatic rings. The highest BCUT2D eigenvalue weighted by Gasteiger charge is 2.05. The molecule has 0 radical (unpaired) electrons. The van der Waals surface area contributed by atoms with Crippen molar-refractivity contribution in [3.63, 3.8) is 0 Å². The normalized spacial score (nSPS) is 10.7. The molecule has 3 aromatic rings. The van der Waals surface area contributed by atoms with E-state index in [2.05, 4.69) is 52.4 Å². The van der Waals surface area contributed by atoms with Crippen molar-refractivity contribution in [2.24, 2.45) is 0 Å². The van der Waals surface area contributed by atoms with Crippen LogP contribution in [0.2, 0.25) is 0 Å². The minimum absolute atomic E-state index is 0.848.